The van der Waals surface area contributed by atoms with Crippen LogP contribution in [0.4, 0.5) is 0 Å². The van der Waals surface area contributed by atoms with E-state index < -0.39 is 26.4 Å². The van der Waals surface area contributed by atoms with Gasteiger partial charge in [-0.05, 0) is 55.5 Å². The molecule has 0 unspecified atom stereocenters. The van der Waals surface area contributed by atoms with Gasteiger partial charge >= 0.3 is 0 Å². The maximum absolute atomic E-state index is 13.4. The average Bonchev–Trinajstić information content (AvgIpc) is 2.75. The van der Waals surface area contributed by atoms with Gasteiger partial charge in [-0.1, -0.05) is 55.2 Å². The van der Waals surface area contributed by atoms with Crippen LogP contribution in [0.15, 0.2) is 81.1 Å². The normalized spacial score (nSPS) is 15.3. The molecule has 2 aromatic rings. The molecule has 0 atom stereocenters. The molecule has 0 bridgehead atoms. The van der Waals surface area contributed by atoms with Crippen LogP contribution in [0.2, 0.25) is 0 Å². The maximum atomic E-state index is 13.4. The number of sulfone groups is 1. The lowest BCUT2D eigenvalue weighted by Crippen LogP contribution is -2.34. The van der Waals surface area contributed by atoms with Gasteiger partial charge in [-0.25, -0.2) is 16.8 Å². The second-order valence-corrected chi connectivity index (χ2v) is 12.2. The number of rotatable bonds is 8. The SMILES string of the molecule is C#CCN(CC(=C=CC1(C)CCC1)S(=O)(=O)c1ccccc1)S(=O)(=O)c1ccc(C)cc1. The van der Waals surface area contributed by atoms with Gasteiger partial charge in [0.05, 0.1) is 22.9 Å². The Hall–Kier alpha value is -2.62. The van der Waals surface area contributed by atoms with Crippen LogP contribution in [-0.4, -0.2) is 34.2 Å². The summed E-state index contributed by atoms with van der Waals surface area (Å²) in [7, 11) is -7.98. The standard InChI is InChI=1S/C25H27NO4S2/c1-4-19-26(32(29,30)23-13-11-21(2)12-14-23)20-24(15-18-25(3)16-8-17-25)31(27,28)22-9-6-5-7-10-22/h1,5-7,9-14,18H,8,16-17,19-20H2,2-3H3. The van der Waals surface area contributed by atoms with E-state index in [-0.39, 0.29) is 26.7 Å². The van der Waals surface area contributed by atoms with Crippen molar-refractivity contribution in [3.8, 4) is 12.3 Å². The monoisotopic (exact) mass is 469 g/mol. The molecule has 5 nitrogen and oxygen atoms in total. The predicted molar refractivity (Wildman–Crippen MR) is 126 cm³/mol. The highest BCUT2D eigenvalue weighted by Gasteiger charge is 2.32. The number of hydrogen-bond acceptors (Lipinski definition) is 4. The summed E-state index contributed by atoms with van der Waals surface area (Å²) in [5.41, 5.74) is 3.73. The molecule has 1 aliphatic carbocycles. The lowest BCUT2D eigenvalue weighted by Gasteiger charge is -2.34. The molecule has 1 aliphatic rings. The fraction of sp³-hybridized carbons (Fsp3) is 0.320. The summed E-state index contributed by atoms with van der Waals surface area (Å²) in [4.78, 5) is 0.0237. The molecule has 1 saturated carbocycles. The van der Waals surface area contributed by atoms with Gasteiger partial charge in [0.1, 0.15) is 4.91 Å². The minimum absolute atomic E-state index is 0.0599. The third kappa shape index (κ3) is 5.23. The molecule has 0 radical (unpaired) electrons. The lowest BCUT2D eigenvalue weighted by molar-refractivity contribution is 0.234. The lowest BCUT2D eigenvalue weighted by atomic mass is 9.71. The van der Waals surface area contributed by atoms with Crippen molar-refractivity contribution in [1.82, 2.24) is 4.31 Å². The van der Waals surface area contributed by atoms with Crippen molar-refractivity contribution in [2.24, 2.45) is 5.41 Å². The van der Waals surface area contributed by atoms with Crippen LogP contribution < -0.4 is 0 Å². The van der Waals surface area contributed by atoms with Crippen molar-refractivity contribution in [3.05, 3.63) is 76.9 Å². The van der Waals surface area contributed by atoms with Crippen molar-refractivity contribution < 1.29 is 16.8 Å². The van der Waals surface area contributed by atoms with Crippen molar-refractivity contribution in [1.29, 1.82) is 0 Å². The fourth-order valence-corrected chi connectivity index (χ4v) is 6.17. The highest BCUT2D eigenvalue weighted by atomic mass is 32.2. The summed E-state index contributed by atoms with van der Waals surface area (Å²) < 4.78 is 54.4. The molecule has 0 amide bonds. The van der Waals surface area contributed by atoms with Gasteiger partial charge in [-0.15, -0.1) is 12.2 Å². The molecule has 0 heterocycles. The van der Waals surface area contributed by atoms with Gasteiger partial charge in [0, 0.05) is 0 Å². The molecule has 0 saturated heterocycles. The minimum Gasteiger partial charge on any atom is -0.218 e. The molecule has 7 heteroatoms. The van der Waals surface area contributed by atoms with Gasteiger partial charge in [0.15, 0.2) is 0 Å². The van der Waals surface area contributed by atoms with Crippen molar-refractivity contribution in [3.63, 3.8) is 0 Å². The van der Waals surface area contributed by atoms with Crippen molar-refractivity contribution in [2.75, 3.05) is 13.1 Å². The minimum atomic E-state index is -4.01. The Kier molecular flexibility index (Phi) is 7.12. The summed E-state index contributed by atoms with van der Waals surface area (Å²) in [6.07, 6.45) is 10.2. The second kappa shape index (κ2) is 9.48. The first-order valence-electron chi connectivity index (χ1n) is 10.4. The molecule has 1 fully saturated rings. The Morgan fingerprint density at radius 2 is 1.66 bits per heavy atom. The number of sulfonamides is 1. The zero-order chi connectivity index (χ0) is 23.4. The Labute approximate surface area is 191 Å². The third-order valence-electron chi connectivity index (χ3n) is 5.70. The van der Waals surface area contributed by atoms with E-state index in [2.05, 4.69) is 11.7 Å². The fourth-order valence-electron chi connectivity index (χ4n) is 3.43. The van der Waals surface area contributed by atoms with E-state index in [1.165, 1.54) is 24.3 Å². The molecule has 0 spiro atoms. The van der Waals surface area contributed by atoms with E-state index in [9.17, 15) is 16.8 Å². The van der Waals surface area contributed by atoms with Gasteiger partial charge in [0.2, 0.25) is 19.9 Å². The van der Waals surface area contributed by atoms with Gasteiger partial charge in [0.25, 0.3) is 0 Å². The first-order chi connectivity index (χ1) is 15.1. The van der Waals surface area contributed by atoms with Crippen LogP contribution in [0.5, 0.6) is 0 Å². The van der Waals surface area contributed by atoms with Crippen LogP contribution in [0.25, 0.3) is 0 Å². The van der Waals surface area contributed by atoms with Crippen LogP contribution >= 0.6 is 0 Å². The summed E-state index contributed by atoms with van der Waals surface area (Å²) in [5, 5.41) is 0. The van der Waals surface area contributed by atoms with E-state index in [0.29, 0.717) is 0 Å². The Morgan fingerprint density at radius 1 is 1.03 bits per heavy atom. The summed E-state index contributed by atoms with van der Waals surface area (Å²) in [5.74, 6) is 2.35. The summed E-state index contributed by atoms with van der Waals surface area (Å²) in [6.45, 7) is 3.24. The van der Waals surface area contributed by atoms with E-state index in [1.54, 1.807) is 36.4 Å². The van der Waals surface area contributed by atoms with E-state index >= 15 is 0 Å². The number of nitrogens with zero attached hydrogens (tertiary/aromatic N) is 1. The maximum Gasteiger partial charge on any atom is 0.244 e. The summed E-state index contributed by atoms with van der Waals surface area (Å²) in [6, 6.07) is 14.3. The van der Waals surface area contributed by atoms with Crippen molar-refractivity contribution >= 4 is 19.9 Å². The quantitative estimate of drug-likeness (QED) is 0.426. The zero-order valence-corrected chi connectivity index (χ0v) is 19.9. The molecular weight excluding hydrogens is 442 g/mol. The Morgan fingerprint density at radius 3 is 2.19 bits per heavy atom. The van der Waals surface area contributed by atoms with Crippen LogP contribution in [0.1, 0.15) is 31.7 Å². The smallest absolute Gasteiger partial charge is 0.218 e. The zero-order valence-electron chi connectivity index (χ0n) is 18.3. The molecule has 32 heavy (non-hydrogen) atoms. The molecule has 0 N–H and O–H groups in total. The van der Waals surface area contributed by atoms with Crippen LogP contribution in [0.3, 0.4) is 0 Å². The van der Waals surface area contributed by atoms with Gasteiger partial charge < -0.3 is 0 Å². The molecule has 2 aromatic carbocycles. The van der Waals surface area contributed by atoms with E-state index in [1.807, 2.05) is 13.8 Å². The van der Waals surface area contributed by atoms with Crippen LogP contribution in [-0.2, 0) is 19.9 Å². The molecule has 0 aliphatic heterocycles. The predicted octanol–water partition coefficient (Wildman–Crippen LogP) is 4.32. The Balaban J connectivity index is 2.08. The molecule has 3 rings (SSSR count). The van der Waals surface area contributed by atoms with Gasteiger partial charge in [-0.3, -0.25) is 0 Å². The third-order valence-corrected chi connectivity index (χ3v) is 9.30. The molecular formula is C25H27NO4S2. The highest BCUT2D eigenvalue weighted by Crippen LogP contribution is 2.41. The van der Waals surface area contributed by atoms with E-state index in [0.717, 1.165) is 29.1 Å². The number of benzene rings is 2. The first-order valence-corrected chi connectivity index (χ1v) is 13.3. The number of aryl methyl sites for hydroxylation is 1. The average molecular weight is 470 g/mol. The van der Waals surface area contributed by atoms with Gasteiger partial charge in [-0.2, -0.15) is 4.31 Å². The first kappa shape index (κ1) is 24.0. The number of hydrogen-bond donors (Lipinski definition) is 0. The Bertz CT molecular complexity index is 1280. The molecule has 0 aromatic heterocycles. The topological polar surface area (TPSA) is 71.5 Å². The van der Waals surface area contributed by atoms with Crippen LogP contribution in [0, 0.1) is 24.7 Å². The van der Waals surface area contributed by atoms with E-state index in [4.69, 9.17) is 6.42 Å². The summed E-state index contributed by atoms with van der Waals surface area (Å²) >= 11 is 0. The largest absolute Gasteiger partial charge is 0.244 e. The molecule has 168 valence electrons. The highest BCUT2D eigenvalue weighted by molar-refractivity contribution is 7.95. The number of terminal acetylenes is 1. The second-order valence-electron chi connectivity index (χ2n) is 8.33. The van der Waals surface area contributed by atoms with Crippen molar-refractivity contribution in [2.45, 2.75) is 42.9 Å².